The molecule has 102 valence electrons. The first-order chi connectivity index (χ1) is 8.12. The van der Waals surface area contributed by atoms with Gasteiger partial charge in [-0.25, -0.2) is 0 Å². The van der Waals surface area contributed by atoms with E-state index in [1.165, 1.54) is 25.7 Å². The minimum absolute atomic E-state index is 0.267. The third-order valence-corrected chi connectivity index (χ3v) is 4.02. The summed E-state index contributed by atoms with van der Waals surface area (Å²) in [5.74, 6) is 0.852. The van der Waals surface area contributed by atoms with Gasteiger partial charge in [0.1, 0.15) is 0 Å². The molecule has 0 aromatic heterocycles. The fourth-order valence-corrected chi connectivity index (χ4v) is 3.34. The average molecular weight is 242 g/mol. The highest BCUT2D eigenvalue weighted by molar-refractivity contribution is 4.89. The van der Waals surface area contributed by atoms with E-state index in [1.807, 2.05) is 0 Å². The van der Waals surface area contributed by atoms with Crippen molar-refractivity contribution in [2.24, 2.45) is 11.3 Å². The molecule has 1 fully saturated rings. The first-order valence-corrected chi connectivity index (χ1v) is 7.12. The molecule has 1 aliphatic carbocycles. The molecule has 1 rings (SSSR count). The van der Waals surface area contributed by atoms with Crippen LogP contribution in [0, 0.1) is 11.3 Å². The smallest absolute Gasteiger partial charge is 0.0558 e. The van der Waals surface area contributed by atoms with Crippen molar-refractivity contribution in [1.29, 1.82) is 0 Å². The van der Waals surface area contributed by atoms with Crippen molar-refractivity contribution >= 4 is 0 Å². The molecule has 17 heavy (non-hydrogen) atoms. The molecule has 0 spiro atoms. The van der Waals surface area contributed by atoms with E-state index >= 15 is 0 Å². The third kappa shape index (κ3) is 4.94. The Labute approximate surface area is 107 Å². The molecule has 3 heteroatoms. The number of nitrogens with one attached hydrogen (secondary N) is 1. The van der Waals surface area contributed by atoms with E-state index in [4.69, 9.17) is 5.11 Å². The van der Waals surface area contributed by atoms with Gasteiger partial charge in [-0.1, -0.05) is 26.7 Å². The van der Waals surface area contributed by atoms with Gasteiger partial charge in [-0.15, -0.1) is 0 Å². The van der Waals surface area contributed by atoms with Gasteiger partial charge in [-0.2, -0.15) is 0 Å². The Morgan fingerprint density at radius 2 is 2.24 bits per heavy atom. The highest BCUT2D eigenvalue weighted by Gasteiger charge is 2.35. The van der Waals surface area contributed by atoms with Crippen LogP contribution in [0.2, 0.25) is 0 Å². The highest BCUT2D eigenvalue weighted by Crippen LogP contribution is 2.39. The fourth-order valence-electron chi connectivity index (χ4n) is 3.34. The van der Waals surface area contributed by atoms with Crippen molar-refractivity contribution in [3.8, 4) is 0 Å². The van der Waals surface area contributed by atoms with Gasteiger partial charge in [-0.3, -0.25) is 0 Å². The topological polar surface area (TPSA) is 35.5 Å². The van der Waals surface area contributed by atoms with Gasteiger partial charge < -0.3 is 15.3 Å². The molecule has 2 unspecified atom stereocenters. The monoisotopic (exact) mass is 242 g/mol. The lowest BCUT2D eigenvalue weighted by Gasteiger charge is -2.42. The third-order valence-electron chi connectivity index (χ3n) is 4.02. The number of rotatable bonds is 7. The summed E-state index contributed by atoms with van der Waals surface area (Å²) in [5.41, 5.74) is 0.428. The molecule has 1 saturated carbocycles. The molecule has 0 amide bonds. The summed E-state index contributed by atoms with van der Waals surface area (Å²) in [5, 5.41) is 12.6. The molecule has 0 bridgehead atoms. The summed E-state index contributed by atoms with van der Waals surface area (Å²) >= 11 is 0. The van der Waals surface area contributed by atoms with Gasteiger partial charge in [0, 0.05) is 19.6 Å². The lowest BCUT2D eigenvalue weighted by Crippen LogP contribution is -2.46. The van der Waals surface area contributed by atoms with Gasteiger partial charge in [0.25, 0.3) is 0 Å². The van der Waals surface area contributed by atoms with Crippen LogP contribution < -0.4 is 5.32 Å². The first kappa shape index (κ1) is 14.9. The van der Waals surface area contributed by atoms with Gasteiger partial charge in [0.2, 0.25) is 0 Å². The maximum Gasteiger partial charge on any atom is 0.0558 e. The van der Waals surface area contributed by atoms with Crippen LogP contribution >= 0.6 is 0 Å². The summed E-state index contributed by atoms with van der Waals surface area (Å²) in [7, 11) is 2.13. The summed E-state index contributed by atoms with van der Waals surface area (Å²) in [6.45, 7) is 8.92. The zero-order valence-corrected chi connectivity index (χ0v) is 11.8. The number of likely N-dealkylation sites (N-methyl/N-ethyl adjacent to an activating group) is 1. The molecular weight excluding hydrogens is 212 g/mol. The lowest BCUT2D eigenvalue weighted by atomic mass is 9.69. The molecule has 2 N–H and O–H groups in total. The molecule has 0 heterocycles. The molecule has 1 aliphatic rings. The zero-order valence-electron chi connectivity index (χ0n) is 11.8. The second-order valence-electron chi connectivity index (χ2n) is 5.94. The van der Waals surface area contributed by atoms with Crippen LogP contribution in [0.25, 0.3) is 0 Å². The van der Waals surface area contributed by atoms with E-state index in [2.05, 4.69) is 31.1 Å². The molecule has 0 aliphatic heterocycles. The predicted molar refractivity (Wildman–Crippen MR) is 73.2 cm³/mol. The second-order valence-corrected chi connectivity index (χ2v) is 5.94. The first-order valence-electron chi connectivity index (χ1n) is 7.12. The molecule has 3 nitrogen and oxygen atoms in total. The van der Waals surface area contributed by atoms with E-state index in [-0.39, 0.29) is 6.61 Å². The quantitative estimate of drug-likeness (QED) is 0.713. The Morgan fingerprint density at radius 3 is 2.82 bits per heavy atom. The Kier molecular flexibility index (Phi) is 6.45. The summed E-state index contributed by atoms with van der Waals surface area (Å²) < 4.78 is 0. The van der Waals surface area contributed by atoms with Gasteiger partial charge in [-0.05, 0) is 37.8 Å². The molecule has 0 aromatic rings. The highest BCUT2D eigenvalue weighted by atomic mass is 16.3. The minimum Gasteiger partial charge on any atom is -0.395 e. The second kappa shape index (κ2) is 7.34. The van der Waals surface area contributed by atoms with Crippen molar-refractivity contribution in [3.05, 3.63) is 0 Å². The predicted octanol–water partition coefficient (Wildman–Crippen LogP) is 1.72. The van der Waals surface area contributed by atoms with E-state index in [1.54, 1.807) is 0 Å². The van der Waals surface area contributed by atoms with Crippen molar-refractivity contribution in [2.75, 3.05) is 39.8 Å². The molecular formula is C14H30N2O. The SMILES string of the molecule is CCNCC1(CN(C)CCO)CCCC(C)C1. The molecule has 2 atom stereocenters. The zero-order chi connectivity index (χ0) is 12.7. The van der Waals surface area contributed by atoms with Crippen LogP contribution in [0.1, 0.15) is 39.5 Å². The maximum atomic E-state index is 9.02. The Morgan fingerprint density at radius 1 is 1.47 bits per heavy atom. The van der Waals surface area contributed by atoms with Gasteiger partial charge in [0.05, 0.1) is 6.61 Å². The number of nitrogens with zero attached hydrogens (tertiary/aromatic N) is 1. The minimum atomic E-state index is 0.267. The molecule has 0 saturated heterocycles. The fraction of sp³-hybridized carbons (Fsp3) is 1.00. The Balaban J connectivity index is 2.57. The normalized spacial score (nSPS) is 29.8. The van der Waals surface area contributed by atoms with Crippen LogP contribution in [0.3, 0.4) is 0 Å². The Hall–Kier alpha value is -0.120. The summed E-state index contributed by atoms with van der Waals surface area (Å²) in [6, 6.07) is 0. The van der Waals surface area contributed by atoms with Crippen LogP contribution in [-0.4, -0.2) is 49.8 Å². The number of aliphatic hydroxyl groups excluding tert-OH is 1. The maximum absolute atomic E-state index is 9.02. The molecule has 0 radical (unpaired) electrons. The van der Waals surface area contributed by atoms with Crippen molar-refractivity contribution in [1.82, 2.24) is 10.2 Å². The number of aliphatic hydroxyl groups is 1. The molecule has 0 aromatic carbocycles. The Bertz CT molecular complexity index is 210. The lowest BCUT2D eigenvalue weighted by molar-refractivity contribution is 0.0838. The van der Waals surface area contributed by atoms with E-state index in [9.17, 15) is 0 Å². The van der Waals surface area contributed by atoms with E-state index in [0.29, 0.717) is 5.41 Å². The van der Waals surface area contributed by atoms with Crippen LogP contribution in [-0.2, 0) is 0 Å². The average Bonchev–Trinajstić information content (AvgIpc) is 2.26. The number of hydrogen-bond donors (Lipinski definition) is 2. The standard InChI is InChI=1S/C14H30N2O/c1-4-15-11-14(12-16(3)8-9-17)7-5-6-13(2)10-14/h13,15,17H,4-12H2,1-3H3. The number of hydrogen-bond acceptors (Lipinski definition) is 3. The van der Waals surface area contributed by atoms with Crippen molar-refractivity contribution < 1.29 is 5.11 Å². The summed E-state index contributed by atoms with van der Waals surface area (Å²) in [6.07, 6.45) is 5.41. The largest absolute Gasteiger partial charge is 0.395 e. The summed E-state index contributed by atoms with van der Waals surface area (Å²) in [4.78, 5) is 2.29. The van der Waals surface area contributed by atoms with E-state index in [0.717, 1.165) is 32.1 Å². The van der Waals surface area contributed by atoms with Gasteiger partial charge in [0.15, 0.2) is 0 Å². The van der Waals surface area contributed by atoms with Crippen LogP contribution in [0.15, 0.2) is 0 Å². The van der Waals surface area contributed by atoms with Crippen LogP contribution in [0.5, 0.6) is 0 Å². The van der Waals surface area contributed by atoms with Gasteiger partial charge >= 0.3 is 0 Å². The van der Waals surface area contributed by atoms with Crippen molar-refractivity contribution in [2.45, 2.75) is 39.5 Å². The van der Waals surface area contributed by atoms with E-state index < -0.39 is 0 Å². The van der Waals surface area contributed by atoms with Crippen molar-refractivity contribution in [3.63, 3.8) is 0 Å². The van der Waals surface area contributed by atoms with Crippen LogP contribution in [0.4, 0.5) is 0 Å².